The monoisotopic (exact) mass is 268 g/mol. The molecular weight excluding hydrogens is 252 g/mol. The van der Waals surface area contributed by atoms with Crippen LogP contribution in [0.5, 0.6) is 0 Å². The second-order valence-corrected chi connectivity index (χ2v) is 6.31. The van der Waals surface area contributed by atoms with Crippen LogP contribution in [0.1, 0.15) is 26.2 Å². The van der Waals surface area contributed by atoms with Gasteiger partial charge < -0.3 is 0 Å². The first-order chi connectivity index (χ1) is 5.95. The lowest BCUT2D eigenvalue weighted by molar-refractivity contribution is 0.599. The van der Waals surface area contributed by atoms with Crippen molar-refractivity contribution in [3.63, 3.8) is 0 Å². The van der Waals surface area contributed by atoms with Gasteiger partial charge in [-0.1, -0.05) is 27.6 Å². The third-order valence-corrected chi connectivity index (χ3v) is 3.18. The van der Waals surface area contributed by atoms with E-state index in [0.29, 0.717) is 5.75 Å². The quantitative estimate of drug-likeness (QED) is 0.548. The van der Waals surface area contributed by atoms with Crippen molar-refractivity contribution in [3.8, 4) is 0 Å². The van der Waals surface area contributed by atoms with Crippen molar-refractivity contribution in [3.05, 3.63) is 11.6 Å². The third kappa shape index (κ3) is 10.1. The minimum atomic E-state index is -2.78. The van der Waals surface area contributed by atoms with Crippen molar-refractivity contribution < 1.29 is 8.42 Å². The molecule has 0 amide bonds. The van der Waals surface area contributed by atoms with Crippen LogP contribution in [0, 0.1) is 0 Å². The second-order valence-electron chi connectivity index (χ2n) is 3.26. The number of hydrogen-bond donors (Lipinski definition) is 0. The number of allylic oxidation sites excluding steroid dienone is 2. The van der Waals surface area contributed by atoms with E-state index < -0.39 is 9.84 Å². The van der Waals surface area contributed by atoms with Gasteiger partial charge in [-0.2, -0.15) is 0 Å². The summed E-state index contributed by atoms with van der Waals surface area (Å²) in [5.41, 5.74) is 1.28. The Kier molecular flexibility index (Phi) is 6.68. The molecule has 2 nitrogen and oxygen atoms in total. The van der Waals surface area contributed by atoms with Crippen molar-refractivity contribution in [1.29, 1.82) is 0 Å². The first kappa shape index (κ1) is 13.2. The van der Waals surface area contributed by atoms with Crippen molar-refractivity contribution in [2.45, 2.75) is 26.2 Å². The van der Waals surface area contributed by atoms with Crippen LogP contribution in [0.15, 0.2) is 11.6 Å². The molecule has 0 rings (SSSR count). The van der Waals surface area contributed by atoms with Gasteiger partial charge in [0.05, 0.1) is 5.75 Å². The number of hydrogen-bond acceptors (Lipinski definition) is 2. The highest BCUT2D eigenvalue weighted by Crippen LogP contribution is 2.06. The molecular formula is C9H17BrO2S. The summed E-state index contributed by atoms with van der Waals surface area (Å²) in [6.45, 7) is 2.05. The molecule has 0 aliphatic heterocycles. The van der Waals surface area contributed by atoms with Gasteiger partial charge >= 0.3 is 0 Å². The molecule has 0 radical (unpaired) electrons. The molecule has 78 valence electrons. The number of sulfone groups is 1. The van der Waals surface area contributed by atoms with E-state index in [-0.39, 0.29) is 0 Å². The molecule has 0 spiro atoms. The summed E-state index contributed by atoms with van der Waals surface area (Å²) in [7, 11) is -2.78. The van der Waals surface area contributed by atoms with Crippen LogP contribution in [0.2, 0.25) is 0 Å². The Hall–Kier alpha value is 0.170. The molecule has 0 heterocycles. The Morgan fingerprint density at radius 2 is 2.08 bits per heavy atom. The van der Waals surface area contributed by atoms with Gasteiger partial charge in [-0.15, -0.1) is 0 Å². The van der Waals surface area contributed by atoms with E-state index in [1.54, 1.807) is 0 Å². The topological polar surface area (TPSA) is 34.1 Å². The lowest BCUT2D eigenvalue weighted by Gasteiger charge is -2.00. The standard InChI is InChI=1S/C9H17BrO2S/c1-9(5-3-7-10)6-4-8-13(2,11)12/h5H,3-4,6-8H2,1-2H3. The van der Waals surface area contributed by atoms with Crippen molar-refractivity contribution >= 4 is 25.8 Å². The van der Waals surface area contributed by atoms with E-state index in [9.17, 15) is 8.42 Å². The van der Waals surface area contributed by atoms with Crippen LogP contribution < -0.4 is 0 Å². The molecule has 0 saturated carbocycles. The molecule has 0 aromatic heterocycles. The lowest BCUT2D eigenvalue weighted by Crippen LogP contribution is -2.02. The van der Waals surface area contributed by atoms with Crippen molar-refractivity contribution in [2.75, 3.05) is 17.3 Å². The van der Waals surface area contributed by atoms with Crippen molar-refractivity contribution in [2.24, 2.45) is 0 Å². The first-order valence-electron chi connectivity index (χ1n) is 4.35. The van der Waals surface area contributed by atoms with Gasteiger partial charge in [0.1, 0.15) is 9.84 Å². The normalized spacial score (nSPS) is 13.3. The molecule has 0 bridgehead atoms. The van der Waals surface area contributed by atoms with Crippen LogP contribution in [0.4, 0.5) is 0 Å². The van der Waals surface area contributed by atoms with E-state index in [1.807, 2.05) is 6.92 Å². The summed E-state index contributed by atoms with van der Waals surface area (Å²) in [6, 6.07) is 0. The molecule has 0 aliphatic rings. The SMILES string of the molecule is CC(=CCCBr)CCCS(C)(=O)=O. The molecule has 0 fully saturated rings. The number of halogens is 1. The lowest BCUT2D eigenvalue weighted by atomic mass is 10.1. The largest absolute Gasteiger partial charge is 0.229 e. The molecule has 0 saturated heterocycles. The Balaban J connectivity index is 3.65. The maximum Gasteiger partial charge on any atom is 0.147 e. The Morgan fingerprint density at radius 3 is 2.54 bits per heavy atom. The van der Waals surface area contributed by atoms with Gasteiger partial charge in [-0.3, -0.25) is 0 Å². The van der Waals surface area contributed by atoms with E-state index in [0.717, 1.165) is 24.6 Å². The average molecular weight is 269 g/mol. The predicted molar refractivity (Wildman–Crippen MR) is 61.1 cm³/mol. The zero-order valence-corrected chi connectivity index (χ0v) is 10.6. The molecule has 0 aliphatic carbocycles. The zero-order chi connectivity index (χ0) is 10.3. The molecule has 0 N–H and O–H groups in total. The Bertz CT molecular complexity index is 255. The highest BCUT2D eigenvalue weighted by molar-refractivity contribution is 9.09. The Morgan fingerprint density at radius 1 is 1.46 bits per heavy atom. The smallest absolute Gasteiger partial charge is 0.147 e. The highest BCUT2D eigenvalue weighted by Gasteiger charge is 2.01. The van der Waals surface area contributed by atoms with Crippen LogP contribution >= 0.6 is 15.9 Å². The fraction of sp³-hybridized carbons (Fsp3) is 0.778. The summed E-state index contributed by atoms with van der Waals surface area (Å²) in [6.07, 6.45) is 6.08. The van der Waals surface area contributed by atoms with Gasteiger partial charge in [0.15, 0.2) is 0 Å². The molecule has 0 aromatic carbocycles. The van der Waals surface area contributed by atoms with Crippen LogP contribution in [-0.4, -0.2) is 25.8 Å². The minimum Gasteiger partial charge on any atom is -0.229 e. The maximum atomic E-state index is 10.8. The fourth-order valence-corrected chi connectivity index (χ4v) is 1.91. The first-order valence-corrected chi connectivity index (χ1v) is 7.53. The minimum absolute atomic E-state index is 0.298. The molecule has 4 heteroatoms. The van der Waals surface area contributed by atoms with E-state index >= 15 is 0 Å². The van der Waals surface area contributed by atoms with Crippen LogP contribution in [0.25, 0.3) is 0 Å². The highest BCUT2D eigenvalue weighted by atomic mass is 79.9. The maximum absolute atomic E-state index is 10.8. The van der Waals surface area contributed by atoms with Gasteiger partial charge in [-0.05, 0) is 26.2 Å². The zero-order valence-electron chi connectivity index (χ0n) is 8.22. The van der Waals surface area contributed by atoms with Gasteiger partial charge in [0, 0.05) is 11.6 Å². The third-order valence-electron chi connectivity index (χ3n) is 1.69. The summed E-state index contributed by atoms with van der Waals surface area (Å²) < 4.78 is 21.6. The second kappa shape index (κ2) is 6.60. The van der Waals surface area contributed by atoms with E-state index in [1.165, 1.54) is 11.8 Å². The summed E-state index contributed by atoms with van der Waals surface area (Å²) >= 11 is 3.34. The van der Waals surface area contributed by atoms with Crippen LogP contribution in [-0.2, 0) is 9.84 Å². The van der Waals surface area contributed by atoms with E-state index in [4.69, 9.17) is 0 Å². The van der Waals surface area contributed by atoms with E-state index in [2.05, 4.69) is 22.0 Å². The average Bonchev–Trinajstić information content (AvgIpc) is 1.98. The van der Waals surface area contributed by atoms with Gasteiger partial charge in [0.2, 0.25) is 0 Å². The number of rotatable bonds is 6. The molecule has 0 atom stereocenters. The summed E-state index contributed by atoms with van der Waals surface area (Å²) in [5, 5.41) is 0.969. The molecule has 13 heavy (non-hydrogen) atoms. The summed E-state index contributed by atoms with van der Waals surface area (Å²) in [4.78, 5) is 0. The van der Waals surface area contributed by atoms with Crippen molar-refractivity contribution in [1.82, 2.24) is 0 Å². The fourth-order valence-electron chi connectivity index (χ4n) is 1.02. The molecule has 0 aromatic rings. The molecule has 0 unspecified atom stereocenters. The van der Waals surface area contributed by atoms with Crippen LogP contribution in [0.3, 0.4) is 0 Å². The Labute approximate surface area is 89.5 Å². The van der Waals surface area contributed by atoms with Gasteiger partial charge in [-0.25, -0.2) is 8.42 Å². The summed E-state index contributed by atoms with van der Waals surface area (Å²) in [5.74, 6) is 0.298. The number of alkyl halides is 1. The predicted octanol–water partition coefficient (Wildman–Crippen LogP) is 2.54. The van der Waals surface area contributed by atoms with Gasteiger partial charge in [0.25, 0.3) is 0 Å².